The van der Waals surface area contributed by atoms with Crippen LogP contribution in [0.25, 0.3) is 43.6 Å². The van der Waals surface area contributed by atoms with Gasteiger partial charge in [-0.2, -0.15) is 0 Å². The van der Waals surface area contributed by atoms with E-state index in [4.69, 9.17) is 15.7 Å². The molecule has 218 valence electrons. The van der Waals surface area contributed by atoms with Crippen molar-refractivity contribution in [2.24, 2.45) is 17.6 Å². The van der Waals surface area contributed by atoms with Crippen molar-refractivity contribution >= 4 is 43.6 Å². The molecule has 0 atom stereocenters. The first kappa shape index (κ1) is 28.4. The molecule has 6 nitrogen and oxygen atoms in total. The summed E-state index contributed by atoms with van der Waals surface area (Å²) < 4.78 is 4.86. The van der Waals surface area contributed by atoms with Crippen molar-refractivity contribution in [3.05, 3.63) is 84.4 Å². The molecule has 0 saturated heterocycles. The van der Waals surface area contributed by atoms with E-state index < -0.39 is 0 Å². The summed E-state index contributed by atoms with van der Waals surface area (Å²) in [5, 5.41) is 5.18. The first-order chi connectivity index (χ1) is 20.4. The normalized spacial score (nSPS) is 12.4. The quantitative estimate of drug-likeness (QED) is 0.155. The number of fused-ring (bicyclic) bond motifs is 6. The smallest absolute Gasteiger partial charge is 0.0678 e. The van der Waals surface area contributed by atoms with Gasteiger partial charge in [-0.15, -0.1) is 0 Å². The highest BCUT2D eigenvalue weighted by molar-refractivity contribution is 6.08. The third-order valence-corrected chi connectivity index (χ3v) is 8.23. The molecule has 0 spiro atoms. The van der Waals surface area contributed by atoms with Crippen LogP contribution < -0.4 is 5.73 Å². The summed E-state index contributed by atoms with van der Waals surface area (Å²) in [5.74, 6) is 1.12. The molecule has 0 unspecified atom stereocenters. The molecule has 2 N–H and O–H groups in total. The van der Waals surface area contributed by atoms with Crippen LogP contribution in [0.3, 0.4) is 0 Å². The molecule has 0 aliphatic heterocycles. The molecule has 6 rings (SSSR count). The Morgan fingerprint density at radius 2 is 1.12 bits per heavy atom. The summed E-state index contributed by atoms with van der Waals surface area (Å²) in [6.07, 6.45) is 6.24. The lowest BCUT2D eigenvalue weighted by molar-refractivity contribution is 0.246. The first-order valence-electron chi connectivity index (χ1n) is 15.6. The van der Waals surface area contributed by atoms with Gasteiger partial charge in [0.15, 0.2) is 0 Å². The molecule has 0 aliphatic carbocycles. The maximum absolute atomic E-state index is 5.88. The van der Waals surface area contributed by atoms with Gasteiger partial charge in [-0.25, -0.2) is 0 Å². The summed E-state index contributed by atoms with van der Waals surface area (Å²) >= 11 is 0. The second-order valence-corrected chi connectivity index (χ2v) is 12.6. The molecule has 0 bridgehead atoms. The Labute approximate surface area is 249 Å². The van der Waals surface area contributed by atoms with E-state index in [1.54, 1.807) is 0 Å². The Bertz CT molecular complexity index is 1700. The van der Waals surface area contributed by atoms with Crippen LogP contribution in [0.5, 0.6) is 0 Å². The van der Waals surface area contributed by atoms with Gasteiger partial charge in [0, 0.05) is 58.8 Å². The molecular weight excluding hydrogens is 516 g/mol. The molecule has 2 aromatic carbocycles. The highest BCUT2D eigenvalue weighted by Gasteiger charge is 2.17. The number of nitrogens with zero attached hydrogens (tertiary/aromatic N) is 5. The van der Waals surface area contributed by atoms with Gasteiger partial charge in [0.2, 0.25) is 0 Å². The van der Waals surface area contributed by atoms with Crippen LogP contribution in [0.4, 0.5) is 0 Å². The fraction of sp³-hybridized carbons (Fsp3) is 0.389. The Morgan fingerprint density at radius 3 is 1.57 bits per heavy atom. The van der Waals surface area contributed by atoms with E-state index in [1.807, 2.05) is 0 Å². The molecule has 0 amide bonds. The lowest BCUT2D eigenvalue weighted by atomic mass is 10.1. The summed E-state index contributed by atoms with van der Waals surface area (Å²) in [7, 11) is 0. The number of pyridine rings is 2. The molecule has 6 aromatic rings. The number of rotatable bonds is 12. The number of benzene rings is 2. The minimum atomic E-state index is 0.561. The maximum atomic E-state index is 5.88. The largest absolute Gasteiger partial charge is 0.339 e. The molecule has 4 heterocycles. The zero-order valence-electron chi connectivity index (χ0n) is 25.6. The van der Waals surface area contributed by atoms with Gasteiger partial charge in [0.25, 0.3) is 0 Å². The lowest BCUT2D eigenvalue weighted by Gasteiger charge is -2.22. The van der Waals surface area contributed by atoms with Gasteiger partial charge >= 0.3 is 0 Å². The number of para-hydroxylation sites is 2. The van der Waals surface area contributed by atoms with Crippen molar-refractivity contribution in [1.29, 1.82) is 0 Å². The standard InChI is InChI=1S/C36H44N6/c1-25(2)21-41-33-13-7-5-11-29(33)31-17-27(38-19-35(31)41)23-40(16-10-9-15-37)24-28-18-32-30-12-6-8-14-34(30)42(22-26(3)4)36(32)20-39-28/h5-8,11-14,17-20,25-26H,9-10,15-16,21-24,37H2,1-4H3. The summed E-state index contributed by atoms with van der Waals surface area (Å²) in [4.78, 5) is 12.5. The van der Waals surface area contributed by atoms with E-state index in [2.05, 4.69) is 115 Å². The molecule has 6 heteroatoms. The van der Waals surface area contributed by atoms with Crippen molar-refractivity contribution in [2.75, 3.05) is 13.1 Å². The predicted molar refractivity (Wildman–Crippen MR) is 177 cm³/mol. The van der Waals surface area contributed by atoms with Crippen molar-refractivity contribution in [2.45, 2.75) is 66.7 Å². The van der Waals surface area contributed by atoms with Crippen LogP contribution >= 0.6 is 0 Å². The number of unbranched alkanes of at least 4 members (excludes halogenated alkanes) is 1. The average Bonchev–Trinajstić information content (AvgIpc) is 3.45. The Hall–Kier alpha value is -3.74. The van der Waals surface area contributed by atoms with Crippen LogP contribution in [0, 0.1) is 11.8 Å². The van der Waals surface area contributed by atoms with Crippen LogP contribution in [0.1, 0.15) is 51.9 Å². The predicted octanol–water partition coefficient (Wildman–Crippen LogP) is 7.75. The second kappa shape index (κ2) is 12.2. The minimum absolute atomic E-state index is 0.561. The zero-order valence-corrected chi connectivity index (χ0v) is 25.6. The van der Waals surface area contributed by atoms with E-state index in [-0.39, 0.29) is 0 Å². The topological polar surface area (TPSA) is 64.9 Å². The van der Waals surface area contributed by atoms with Crippen molar-refractivity contribution in [1.82, 2.24) is 24.0 Å². The van der Waals surface area contributed by atoms with Crippen LogP contribution in [-0.2, 0) is 26.2 Å². The van der Waals surface area contributed by atoms with E-state index in [9.17, 15) is 0 Å². The Morgan fingerprint density at radius 1 is 0.643 bits per heavy atom. The first-order valence-corrected chi connectivity index (χ1v) is 15.6. The summed E-state index contributed by atoms with van der Waals surface area (Å²) in [6, 6.07) is 22.1. The van der Waals surface area contributed by atoms with Crippen molar-refractivity contribution in [3.8, 4) is 0 Å². The third-order valence-electron chi connectivity index (χ3n) is 8.23. The number of hydrogen-bond donors (Lipinski definition) is 1. The van der Waals surface area contributed by atoms with E-state index in [0.717, 1.165) is 57.0 Å². The van der Waals surface area contributed by atoms with E-state index >= 15 is 0 Å². The lowest BCUT2D eigenvalue weighted by Crippen LogP contribution is -2.25. The Kier molecular flexibility index (Phi) is 8.27. The molecular formula is C36H44N6. The van der Waals surface area contributed by atoms with E-state index in [0.29, 0.717) is 18.4 Å². The summed E-state index contributed by atoms with van der Waals surface area (Å²) in [5.41, 5.74) is 13.1. The SMILES string of the molecule is CC(C)Cn1c2ccccc2c2cc(CN(CCCCN)Cc3cc4c5ccccc5n(CC(C)C)c4cn3)ncc21. The molecule has 0 aliphatic rings. The van der Waals surface area contributed by atoms with Crippen LogP contribution in [0.2, 0.25) is 0 Å². The number of hydrogen-bond acceptors (Lipinski definition) is 4. The number of nitrogens with two attached hydrogens (primary N) is 1. The summed E-state index contributed by atoms with van der Waals surface area (Å²) in [6.45, 7) is 14.3. The minimum Gasteiger partial charge on any atom is -0.339 e. The van der Waals surface area contributed by atoms with Gasteiger partial charge in [0.1, 0.15) is 0 Å². The Balaban J connectivity index is 1.33. The van der Waals surface area contributed by atoms with Gasteiger partial charge in [-0.3, -0.25) is 14.9 Å². The highest BCUT2D eigenvalue weighted by atomic mass is 15.1. The fourth-order valence-corrected chi connectivity index (χ4v) is 6.43. The molecule has 0 radical (unpaired) electrons. The van der Waals surface area contributed by atoms with Gasteiger partial charge < -0.3 is 14.9 Å². The average molecular weight is 561 g/mol. The van der Waals surface area contributed by atoms with Crippen LogP contribution in [0.15, 0.2) is 73.1 Å². The van der Waals surface area contributed by atoms with Crippen LogP contribution in [-0.4, -0.2) is 37.1 Å². The monoisotopic (exact) mass is 560 g/mol. The second-order valence-electron chi connectivity index (χ2n) is 12.6. The van der Waals surface area contributed by atoms with Gasteiger partial charge in [0.05, 0.1) is 34.8 Å². The third kappa shape index (κ3) is 5.66. The van der Waals surface area contributed by atoms with Crippen molar-refractivity contribution in [3.63, 3.8) is 0 Å². The van der Waals surface area contributed by atoms with Gasteiger partial charge in [-0.1, -0.05) is 64.1 Å². The molecule has 42 heavy (non-hydrogen) atoms. The maximum Gasteiger partial charge on any atom is 0.0678 e. The fourth-order valence-electron chi connectivity index (χ4n) is 6.43. The van der Waals surface area contributed by atoms with E-state index in [1.165, 1.54) is 43.6 Å². The van der Waals surface area contributed by atoms with Gasteiger partial charge in [-0.05, 0) is 62.0 Å². The molecule has 4 aromatic heterocycles. The number of aromatic nitrogens is 4. The molecule has 0 saturated carbocycles. The molecule has 0 fully saturated rings. The van der Waals surface area contributed by atoms with Crippen molar-refractivity contribution < 1.29 is 0 Å². The zero-order chi connectivity index (χ0) is 29.2. The highest BCUT2D eigenvalue weighted by Crippen LogP contribution is 2.32.